The lowest BCUT2D eigenvalue weighted by atomic mass is 10.2. The molecule has 0 unspecified atom stereocenters. The van der Waals surface area contributed by atoms with E-state index < -0.39 is 0 Å². The van der Waals surface area contributed by atoms with Crippen molar-refractivity contribution in [3.8, 4) is 0 Å². The minimum Gasteiger partial charge on any atom is -0.309 e. The van der Waals surface area contributed by atoms with E-state index in [1.807, 2.05) is 14.1 Å². The maximum absolute atomic E-state index is 10.5. The van der Waals surface area contributed by atoms with Crippen LogP contribution >= 0.6 is 0 Å². The average Bonchev–Trinajstić information content (AvgIpc) is 2.14. The molecule has 4 nitrogen and oxygen atoms in total. The Hall–Kier alpha value is -1.29. The molecule has 1 heterocycles. The number of carbonyl (C=O) groups excluding carboxylic acids is 1. The third-order valence-corrected chi connectivity index (χ3v) is 1.85. The van der Waals surface area contributed by atoms with Crippen LogP contribution in [0.3, 0.4) is 0 Å². The van der Waals surface area contributed by atoms with E-state index in [2.05, 4.69) is 14.9 Å². The van der Waals surface area contributed by atoms with Gasteiger partial charge in [0.1, 0.15) is 11.5 Å². The summed E-state index contributed by atoms with van der Waals surface area (Å²) >= 11 is 0. The quantitative estimate of drug-likeness (QED) is 0.660. The number of rotatable bonds is 4. The molecule has 0 atom stereocenters. The summed E-state index contributed by atoms with van der Waals surface area (Å²) < 4.78 is 0. The third kappa shape index (κ3) is 3.22. The topological polar surface area (TPSA) is 46.1 Å². The predicted octanol–water partition coefficient (Wildman–Crippen LogP) is 0.702. The molecule has 0 saturated heterocycles. The summed E-state index contributed by atoms with van der Waals surface area (Å²) in [6, 6.07) is 1.74. The molecule has 0 spiro atoms. The summed E-state index contributed by atoms with van der Waals surface area (Å²) in [4.78, 5) is 20.9. The average molecular weight is 193 g/mol. The van der Waals surface area contributed by atoms with Gasteiger partial charge < -0.3 is 4.90 Å². The van der Waals surface area contributed by atoms with E-state index in [-0.39, 0.29) is 0 Å². The maximum atomic E-state index is 10.5. The van der Waals surface area contributed by atoms with Gasteiger partial charge in [-0.3, -0.25) is 4.79 Å². The molecule has 4 heteroatoms. The molecular weight excluding hydrogens is 178 g/mol. The lowest BCUT2D eigenvalue weighted by Crippen LogP contribution is -2.16. The van der Waals surface area contributed by atoms with E-state index >= 15 is 0 Å². The van der Waals surface area contributed by atoms with Crippen molar-refractivity contribution < 1.29 is 4.79 Å². The molecule has 1 aromatic heterocycles. The highest BCUT2D eigenvalue weighted by molar-refractivity contribution is 5.71. The fraction of sp³-hybridized carbons (Fsp3) is 0.500. The van der Waals surface area contributed by atoms with E-state index in [1.54, 1.807) is 13.0 Å². The van der Waals surface area contributed by atoms with Gasteiger partial charge in [0.2, 0.25) is 0 Å². The number of carbonyl (C=O) groups is 1. The first-order valence-electron chi connectivity index (χ1n) is 4.56. The van der Waals surface area contributed by atoms with Crippen LogP contribution in [0, 0.1) is 6.92 Å². The summed E-state index contributed by atoms with van der Waals surface area (Å²) in [6.45, 7) is 2.72. The summed E-state index contributed by atoms with van der Waals surface area (Å²) in [5.74, 6) is 0.656. The molecule has 0 aliphatic heterocycles. The lowest BCUT2D eigenvalue weighted by Gasteiger charge is -2.08. The predicted molar refractivity (Wildman–Crippen MR) is 54.4 cm³/mol. The minimum atomic E-state index is 0.464. The molecule has 0 amide bonds. The first-order chi connectivity index (χ1) is 6.61. The summed E-state index contributed by atoms with van der Waals surface area (Å²) in [5.41, 5.74) is 1.39. The summed E-state index contributed by atoms with van der Waals surface area (Å²) in [6.07, 6.45) is 1.60. The number of aromatic nitrogens is 2. The third-order valence-electron chi connectivity index (χ3n) is 1.85. The van der Waals surface area contributed by atoms with Gasteiger partial charge in [-0.15, -0.1) is 0 Å². The smallest absolute Gasteiger partial charge is 0.168 e. The van der Waals surface area contributed by atoms with Crippen molar-refractivity contribution in [2.24, 2.45) is 0 Å². The fourth-order valence-electron chi connectivity index (χ4n) is 1.18. The van der Waals surface area contributed by atoms with Crippen molar-refractivity contribution in [3.05, 3.63) is 23.3 Å². The van der Waals surface area contributed by atoms with Crippen LogP contribution in [-0.2, 0) is 6.42 Å². The van der Waals surface area contributed by atoms with E-state index in [0.717, 1.165) is 24.9 Å². The van der Waals surface area contributed by atoms with Crippen molar-refractivity contribution >= 4 is 6.29 Å². The van der Waals surface area contributed by atoms with Crippen molar-refractivity contribution in [1.29, 1.82) is 0 Å². The zero-order valence-corrected chi connectivity index (χ0v) is 8.82. The lowest BCUT2D eigenvalue weighted by molar-refractivity contribution is 0.111. The van der Waals surface area contributed by atoms with E-state index in [1.165, 1.54) is 0 Å². The molecule has 0 N–H and O–H groups in total. The molecular formula is C10H15N3O. The van der Waals surface area contributed by atoms with E-state index in [9.17, 15) is 4.79 Å². The molecule has 1 aromatic rings. The van der Waals surface area contributed by atoms with Gasteiger partial charge in [-0.1, -0.05) is 0 Å². The van der Waals surface area contributed by atoms with Gasteiger partial charge in [-0.2, -0.15) is 0 Å². The molecule has 76 valence electrons. The second-order valence-electron chi connectivity index (χ2n) is 3.50. The largest absolute Gasteiger partial charge is 0.309 e. The van der Waals surface area contributed by atoms with E-state index in [0.29, 0.717) is 11.5 Å². The number of hydrogen-bond acceptors (Lipinski definition) is 4. The zero-order valence-electron chi connectivity index (χ0n) is 8.82. The summed E-state index contributed by atoms with van der Waals surface area (Å²) in [7, 11) is 4.02. The standard InChI is InChI=1S/C10H15N3O/c1-8-11-9(4-5-13(2)3)6-10(7-14)12-8/h6-7H,4-5H2,1-3H3. The Kier molecular flexibility index (Phi) is 3.71. The number of likely N-dealkylation sites (N-methyl/N-ethyl adjacent to an activating group) is 1. The van der Waals surface area contributed by atoms with Crippen LogP contribution < -0.4 is 0 Å². The van der Waals surface area contributed by atoms with Crippen LogP contribution in [0.15, 0.2) is 6.07 Å². The molecule has 0 fully saturated rings. The highest BCUT2D eigenvalue weighted by Gasteiger charge is 2.01. The zero-order chi connectivity index (χ0) is 10.6. The molecule has 0 aromatic carbocycles. The molecule has 0 radical (unpaired) electrons. The number of aryl methyl sites for hydroxylation is 1. The fourth-order valence-corrected chi connectivity index (χ4v) is 1.18. The Morgan fingerprint density at radius 1 is 1.43 bits per heavy atom. The highest BCUT2D eigenvalue weighted by Crippen LogP contribution is 2.00. The maximum Gasteiger partial charge on any atom is 0.168 e. The summed E-state index contributed by atoms with van der Waals surface area (Å²) in [5, 5.41) is 0. The Labute approximate surface area is 84.0 Å². The Morgan fingerprint density at radius 2 is 2.14 bits per heavy atom. The Bertz CT molecular complexity index is 323. The van der Waals surface area contributed by atoms with Crippen LogP contribution in [0.5, 0.6) is 0 Å². The van der Waals surface area contributed by atoms with Gasteiger partial charge in [0.25, 0.3) is 0 Å². The van der Waals surface area contributed by atoms with Gasteiger partial charge in [0.05, 0.1) is 0 Å². The number of aldehydes is 1. The van der Waals surface area contributed by atoms with Crippen molar-refractivity contribution in [2.75, 3.05) is 20.6 Å². The van der Waals surface area contributed by atoms with Crippen molar-refractivity contribution in [3.63, 3.8) is 0 Å². The number of nitrogens with zero attached hydrogens (tertiary/aromatic N) is 3. The molecule has 0 aliphatic carbocycles. The van der Waals surface area contributed by atoms with Crippen molar-refractivity contribution in [1.82, 2.24) is 14.9 Å². The van der Waals surface area contributed by atoms with Crippen LogP contribution in [0.25, 0.3) is 0 Å². The minimum absolute atomic E-state index is 0.464. The van der Waals surface area contributed by atoms with Gasteiger partial charge in [0.15, 0.2) is 6.29 Å². The first kappa shape index (κ1) is 10.8. The first-order valence-corrected chi connectivity index (χ1v) is 4.56. The second-order valence-corrected chi connectivity index (χ2v) is 3.50. The van der Waals surface area contributed by atoms with Crippen molar-refractivity contribution in [2.45, 2.75) is 13.3 Å². The van der Waals surface area contributed by atoms with Gasteiger partial charge in [-0.25, -0.2) is 9.97 Å². The van der Waals surface area contributed by atoms with E-state index in [4.69, 9.17) is 0 Å². The van der Waals surface area contributed by atoms with Gasteiger partial charge in [-0.05, 0) is 27.1 Å². The molecule has 0 bridgehead atoms. The highest BCUT2D eigenvalue weighted by atomic mass is 16.1. The molecule has 14 heavy (non-hydrogen) atoms. The van der Waals surface area contributed by atoms with Crippen LogP contribution in [0.4, 0.5) is 0 Å². The second kappa shape index (κ2) is 4.81. The number of hydrogen-bond donors (Lipinski definition) is 0. The van der Waals surface area contributed by atoms with Crippen LogP contribution in [-0.4, -0.2) is 41.8 Å². The normalized spacial score (nSPS) is 10.6. The van der Waals surface area contributed by atoms with Gasteiger partial charge >= 0.3 is 0 Å². The monoisotopic (exact) mass is 193 g/mol. The van der Waals surface area contributed by atoms with Crippen LogP contribution in [0.2, 0.25) is 0 Å². The SMILES string of the molecule is Cc1nc(C=O)cc(CCN(C)C)n1. The Morgan fingerprint density at radius 3 is 2.71 bits per heavy atom. The molecule has 0 saturated carbocycles. The Balaban J connectivity index is 2.76. The molecule has 0 aliphatic rings. The van der Waals surface area contributed by atoms with Gasteiger partial charge in [0, 0.05) is 18.7 Å². The van der Waals surface area contributed by atoms with Crippen LogP contribution in [0.1, 0.15) is 22.0 Å². The molecule has 1 rings (SSSR count).